The summed E-state index contributed by atoms with van der Waals surface area (Å²) < 4.78 is 0. The molecule has 3 nitrogen and oxygen atoms in total. The molecule has 3 N–H and O–H groups in total. The molecule has 3 heteroatoms. The fourth-order valence-electron chi connectivity index (χ4n) is 2.82. The molecule has 2 unspecified atom stereocenters. The number of nitrogens with one attached hydrogen (secondary N) is 1. The summed E-state index contributed by atoms with van der Waals surface area (Å²) in [5.41, 5.74) is 8.33. The fraction of sp³-hybridized carbons (Fsp3) is 0.562. The number of carbonyl (C=O) groups excluding carboxylic acids is 1. The molecule has 1 fully saturated rings. The van der Waals surface area contributed by atoms with Crippen LogP contribution in [0.2, 0.25) is 0 Å². The summed E-state index contributed by atoms with van der Waals surface area (Å²) in [6.45, 7) is 4.10. The van der Waals surface area contributed by atoms with Crippen LogP contribution in [0.5, 0.6) is 0 Å². The molecule has 0 radical (unpaired) electrons. The van der Waals surface area contributed by atoms with Gasteiger partial charge in [-0.1, -0.05) is 36.2 Å². The first kappa shape index (κ1) is 14.1. The molecular weight excluding hydrogens is 236 g/mol. The predicted molar refractivity (Wildman–Crippen MR) is 77.7 cm³/mol. The molecule has 0 bridgehead atoms. The highest BCUT2D eigenvalue weighted by Gasteiger charge is 2.26. The van der Waals surface area contributed by atoms with Crippen LogP contribution in [0.4, 0.5) is 0 Å². The number of hydrogen-bond acceptors (Lipinski definition) is 2. The van der Waals surface area contributed by atoms with Gasteiger partial charge in [-0.3, -0.25) is 4.79 Å². The monoisotopic (exact) mass is 260 g/mol. The minimum absolute atomic E-state index is 0.0607. The van der Waals surface area contributed by atoms with Crippen molar-refractivity contribution < 1.29 is 4.79 Å². The van der Waals surface area contributed by atoms with Gasteiger partial charge in [0.2, 0.25) is 5.91 Å². The van der Waals surface area contributed by atoms with Crippen LogP contribution >= 0.6 is 0 Å². The van der Waals surface area contributed by atoms with E-state index in [4.69, 9.17) is 5.73 Å². The molecule has 1 amide bonds. The van der Waals surface area contributed by atoms with E-state index < -0.39 is 0 Å². The number of carbonyl (C=O) groups is 1. The summed E-state index contributed by atoms with van der Waals surface area (Å²) in [5.74, 6) is 0.250. The SMILES string of the molecule is Cc1cccc([C@H](C)NC(=O)C2CCCC(N)C2)c1. The zero-order valence-electron chi connectivity index (χ0n) is 11.9. The van der Waals surface area contributed by atoms with Crippen molar-refractivity contribution in [3.63, 3.8) is 0 Å². The Morgan fingerprint density at radius 2 is 2.21 bits per heavy atom. The molecule has 104 valence electrons. The molecule has 0 aliphatic heterocycles. The number of hydrogen-bond donors (Lipinski definition) is 2. The topological polar surface area (TPSA) is 55.1 Å². The van der Waals surface area contributed by atoms with Crippen molar-refractivity contribution in [1.29, 1.82) is 0 Å². The molecule has 3 atom stereocenters. The highest BCUT2D eigenvalue weighted by atomic mass is 16.1. The molecule has 1 aromatic rings. The quantitative estimate of drug-likeness (QED) is 0.878. The molecule has 0 heterocycles. The van der Waals surface area contributed by atoms with Crippen LogP contribution < -0.4 is 11.1 Å². The summed E-state index contributed by atoms with van der Waals surface area (Å²) in [4.78, 5) is 12.2. The van der Waals surface area contributed by atoms with Crippen molar-refractivity contribution in [2.24, 2.45) is 11.7 Å². The number of benzene rings is 1. The average molecular weight is 260 g/mol. The lowest BCUT2D eigenvalue weighted by atomic mass is 9.85. The van der Waals surface area contributed by atoms with Crippen molar-refractivity contribution in [1.82, 2.24) is 5.32 Å². The van der Waals surface area contributed by atoms with Crippen LogP contribution in [-0.4, -0.2) is 11.9 Å². The molecule has 1 aliphatic rings. The van der Waals surface area contributed by atoms with Crippen LogP contribution in [0.15, 0.2) is 24.3 Å². The second-order valence-electron chi connectivity index (χ2n) is 5.77. The normalized spacial score (nSPS) is 24.8. The average Bonchev–Trinajstić information content (AvgIpc) is 2.38. The summed E-state index contributed by atoms with van der Waals surface area (Å²) in [6, 6.07) is 8.54. The number of aryl methyl sites for hydroxylation is 1. The van der Waals surface area contributed by atoms with Gasteiger partial charge in [-0.25, -0.2) is 0 Å². The van der Waals surface area contributed by atoms with E-state index in [0.717, 1.165) is 31.2 Å². The van der Waals surface area contributed by atoms with E-state index in [9.17, 15) is 4.79 Å². The Morgan fingerprint density at radius 3 is 2.89 bits per heavy atom. The maximum Gasteiger partial charge on any atom is 0.223 e. The number of rotatable bonds is 3. The van der Waals surface area contributed by atoms with Gasteiger partial charge < -0.3 is 11.1 Å². The molecule has 1 saturated carbocycles. The molecule has 0 spiro atoms. The van der Waals surface area contributed by atoms with Gasteiger partial charge in [0.15, 0.2) is 0 Å². The first-order valence-electron chi connectivity index (χ1n) is 7.19. The van der Waals surface area contributed by atoms with Gasteiger partial charge in [-0.15, -0.1) is 0 Å². The first-order chi connectivity index (χ1) is 9.06. The van der Waals surface area contributed by atoms with E-state index in [1.165, 1.54) is 5.56 Å². The van der Waals surface area contributed by atoms with E-state index in [0.29, 0.717) is 0 Å². The standard InChI is InChI=1S/C16H24N2O/c1-11-5-3-6-13(9-11)12(2)18-16(19)14-7-4-8-15(17)10-14/h3,5-6,9,12,14-15H,4,7-8,10,17H2,1-2H3,(H,18,19)/t12-,14?,15?/m0/s1. The minimum atomic E-state index is 0.0607. The van der Waals surface area contributed by atoms with Gasteiger partial charge in [0.1, 0.15) is 0 Å². The van der Waals surface area contributed by atoms with Crippen LogP contribution in [0.3, 0.4) is 0 Å². The lowest BCUT2D eigenvalue weighted by Gasteiger charge is -2.27. The van der Waals surface area contributed by atoms with Crippen LogP contribution in [0.25, 0.3) is 0 Å². The van der Waals surface area contributed by atoms with Crippen LogP contribution in [-0.2, 0) is 4.79 Å². The third-order valence-corrected chi connectivity index (χ3v) is 3.99. The lowest BCUT2D eigenvalue weighted by molar-refractivity contribution is -0.126. The van der Waals surface area contributed by atoms with Crippen molar-refractivity contribution in [2.45, 2.75) is 51.6 Å². The molecule has 2 rings (SSSR count). The van der Waals surface area contributed by atoms with Gasteiger partial charge in [0.25, 0.3) is 0 Å². The van der Waals surface area contributed by atoms with Crippen molar-refractivity contribution in [3.8, 4) is 0 Å². The largest absolute Gasteiger partial charge is 0.349 e. The number of amides is 1. The minimum Gasteiger partial charge on any atom is -0.349 e. The predicted octanol–water partition coefficient (Wildman–Crippen LogP) is 2.69. The summed E-state index contributed by atoms with van der Waals surface area (Å²) in [6.07, 6.45) is 3.92. The second-order valence-corrected chi connectivity index (χ2v) is 5.77. The highest BCUT2D eigenvalue weighted by Crippen LogP contribution is 2.24. The zero-order valence-corrected chi connectivity index (χ0v) is 11.9. The molecular formula is C16H24N2O. The fourth-order valence-corrected chi connectivity index (χ4v) is 2.82. The van der Waals surface area contributed by atoms with Crippen molar-refractivity contribution in [3.05, 3.63) is 35.4 Å². The maximum atomic E-state index is 12.2. The Labute approximate surface area is 115 Å². The summed E-state index contributed by atoms with van der Waals surface area (Å²) in [7, 11) is 0. The molecule has 19 heavy (non-hydrogen) atoms. The van der Waals surface area contributed by atoms with Gasteiger partial charge >= 0.3 is 0 Å². The van der Waals surface area contributed by atoms with Gasteiger partial charge in [-0.05, 0) is 38.7 Å². The Bertz CT molecular complexity index is 444. The Balaban J connectivity index is 1.94. The smallest absolute Gasteiger partial charge is 0.223 e. The lowest BCUT2D eigenvalue weighted by Crippen LogP contribution is -2.38. The molecule has 1 aromatic carbocycles. The number of nitrogens with two attached hydrogens (primary N) is 1. The Morgan fingerprint density at radius 1 is 1.42 bits per heavy atom. The summed E-state index contributed by atoms with van der Waals surface area (Å²) >= 11 is 0. The van der Waals surface area contributed by atoms with Crippen molar-refractivity contribution in [2.75, 3.05) is 0 Å². The third-order valence-electron chi connectivity index (χ3n) is 3.99. The Hall–Kier alpha value is -1.35. The van der Waals surface area contributed by atoms with Gasteiger partial charge in [0.05, 0.1) is 6.04 Å². The van der Waals surface area contributed by atoms with E-state index in [1.807, 2.05) is 13.0 Å². The third kappa shape index (κ3) is 3.80. The zero-order chi connectivity index (χ0) is 13.8. The Kier molecular flexibility index (Phi) is 4.59. The van der Waals surface area contributed by atoms with E-state index in [1.54, 1.807) is 0 Å². The maximum absolute atomic E-state index is 12.2. The van der Waals surface area contributed by atoms with Gasteiger partial charge in [0, 0.05) is 12.0 Å². The van der Waals surface area contributed by atoms with Crippen LogP contribution in [0, 0.1) is 12.8 Å². The second kappa shape index (κ2) is 6.20. The van der Waals surface area contributed by atoms with Crippen LogP contribution in [0.1, 0.15) is 49.8 Å². The molecule has 0 aromatic heterocycles. The molecule has 0 saturated heterocycles. The molecule has 1 aliphatic carbocycles. The summed E-state index contributed by atoms with van der Waals surface area (Å²) in [5, 5.41) is 3.12. The van der Waals surface area contributed by atoms with E-state index >= 15 is 0 Å². The van der Waals surface area contributed by atoms with E-state index in [2.05, 4.69) is 30.4 Å². The van der Waals surface area contributed by atoms with Gasteiger partial charge in [-0.2, -0.15) is 0 Å². The van der Waals surface area contributed by atoms with Crippen molar-refractivity contribution >= 4 is 5.91 Å². The van der Waals surface area contributed by atoms with E-state index in [-0.39, 0.29) is 23.9 Å². The highest BCUT2D eigenvalue weighted by molar-refractivity contribution is 5.79. The first-order valence-corrected chi connectivity index (χ1v) is 7.19.